The predicted molar refractivity (Wildman–Crippen MR) is 83.1 cm³/mol. The van der Waals surface area contributed by atoms with Crippen LogP contribution in [-0.4, -0.2) is 31.1 Å². The second kappa shape index (κ2) is 6.71. The SMILES string of the molecule is O=C(COC(=O)[C@H]1COc2ccccc2O1)c1ccc(Cl)cc1. The summed E-state index contributed by atoms with van der Waals surface area (Å²) < 4.78 is 16.0. The number of ketones is 1. The molecule has 0 aliphatic carbocycles. The molecule has 0 amide bonds. The highest BCUT2D eigenvalue weighted by Gasteiger charge is 2.29. The molecule has 23 heavy (non-hydrogen) atoms. The smallest absolute Gasteiger partial charge is 0.351 e. The first-order valence-electron chi connectivity index (χ1n) is 6.97. The van der Waals surface area contributed by atoms with E-state index >= 15 is 0 Å². The molecule has 6 heteroatoms. The number of hydrogen-bond donors (Lipinski definition) is 0. The van der Waals surface area contributed by atoms with Crippen LogP contribution in [0.4, 0.5) is 0 Å². The van der Waals surface area contributed by atoms with Crippen molar-refractivity contribution in [1.29, 1.82) is 0 Å². The second-order valence-corrected chi connectivity index (χ2v) is 5.34. The Labute approximate surface area is 137 Å². The lowest BCUT2D eigenvalue weighted by Gasteiger charge is -2.24. The number of halogens is 1. The monoisotopic (exact) mass is 332 g/mol. The Morgan fingerprint density at radius 3 is 2.52 bits per heavy atom. The van der Waals surface area contributed by atoms with Gasteiger partial charge in [-0.1, -0.05) is 23.7 Å². The zero-order chi connectivity index (χ0) is 16.2. The van der Waals surface area contributed by atoms with Crippen LogP contribution in [-0.2, 0) is 9.53 Å². The number of Topliss-reactive ketones (excluding diaryl/α,β-unsaturated/α-hetero) is 1. The minimum absolute atomic E-state index is 0.0466. The van der Waals surface area contributed by atoms with Gasteiger partial charge in [0.25, 0.3) is 0 Å². The van der Waals surface area contributed by atoms with Gasteiger partial charge in [0.1, 0.15) is 6.61 Å². The van der Waals surface area contributed by atoms with Crippen molar-refractivity contribution < 1.29 is 23.8 Å². The van der Waals surface area contributed by atoms with Gasteiger partial charge in [-0.05, 0) is 36.4 Å². The van der Waals surface area contributed by atoms with Crippen molar-refractivity contribution in [1.82, 2.24) is 0 Å². The van der Waals surface area contributed by atoms with Gasteiger partial charge >= 0.3 is 5.97 Å². The third-order valence-electron chi connectivity index (χ3n) is 3.28. The molecule has 5 nitrogen and oxygen atoms in total. The summed E-state index contributed by atoms with van der Waals surface area (Å²) in [6.07, 6.45) is -0.886. The molecule has 1 aliphatic rings. The van der Waals surface area contributed by atoms with Crippen LogP contribution >= 0.6 is 11.6 Å². The van der Waals surface area contributed by atoms with E-state index in [4.69, 9.17) is 25.8 Å². The Balaban J connectivity index is 1.56. The van der Waals surface area contributed by atoms with Crippen LogP contribution in [0, 0.1) is 0 Å². The van der Waals surface area contributed by atoms with Crippen LogP contribution in [0.5, 0.6) is 11.5 Å². The molecule has 1 atom stereocenters. The number of esters is 1. The average Bonchev–Trinajstić information content (AvgIpc) is 2.59. The molecule has 2 aromatic carbocycles. The summed E-state index contributed by atoms with van der Waals surface area (Å²) in [6, 6.07) is 13.4. The molecular formula is C17H13ClO5. The lowest BCUT2D eigenvalue weighted by atomic mass is 10.1. The number of fused-ring (bicyclic) bond motifs is 1. The van der Waals surface area contributed by atoms with E-state index in [0.29, 0.717) is 22.1 Å². The predicted octanol–water partition coefficient (Wildman–Crippen LogP) is 2.91. The molecule has 1 aliphatic heterocycles. The molecule has 0 spiro atoms. The summed E-state index contributed by atoms with van der Waals surface area (Å²) >= 11 is 5.76. The first kappa shape index (κ1) is 15.4. The standard InChI is InChI=1S/C17H13ClO5/c18-12-7-5-11(6-8-12)13(19)9-22-17(20)16-10-21-14-3-1-2-4-15(14)23-16/h1-8,16H,9-10H2/t16-/m1/s1. The van der Waals surface area contributed by atoms with Gasteiger partial charge in [0.15, 0.2) is 23.9 Å². The van der Waals surface area contributed by atoms with Gasteiger partial charge in [-0.2, -0.15) is 0 Å². The molecule has 0 saturated heterocycles. The molecule has 3 rings (SSSR count). The van der Waals surface area contributed by atoms with E-state index in [9.17, 15) is 9.59 Å². The van der Waals surface area contributed by atoms with Crippen LogP contribution in [0.3, 0.4) is 0 Å². The Bertz CT molecular complexity index is 726. The van der Waals surface area contributed by atoms with Crippen molar-refractivity contribution in [3.8, 4) is 11.5 Å². The highest BCUT2D eigenvalue weighted by molar-refractivity contribution is 6.30. The first-order chi connectivity index (χ1) is 11.1. The fourth-order valence-electron chi connectivity index (χ4n) is 2.08. The molecule has 1 heterocycles. The van der Waals surface area contributed by atoms with Crippen LogP contribution in [0.25, 0.3) is 0 Å². The normalized spacial score (nSPS) is 15.8. The molecule has 0 aromatic heterocycles. The summed E-state index contributed by atoms with van der Waals surface area (Å²) in [4.78, 5) is 23.9. The molecule has 0 saturated carbocycles. The topological polar surface area (TPSA) is 61.8 Å². The van der Waals surface area contributed by atoms with E-state index in [2.05, 4.69) is 0 Å². The molecular weight excluding hydrogens is 320 g/mol. The quantitative estimate of drug-likeness (QED) is 0.636. The van der Waals surface area contributed by atoms with E-state index in [-0.39, 0.29) is 19.0 Å². The molecule has 2 aromatic rings. The number of para-hydroxylation sites is 2. The number of hydrogen-bond acceptors (Lipinski definition) is 5. The van der Waals surface area contributed by atoms with Crippen molar-refractivity contribution in [2.24, 2.45) is 0 Å². The van der Waals surface area contributed by atoms with Crippen molar-refractivity contribution in [2.45, 2.75) is 6.10 Å². The van der Waals surface area contributed by atoms with Gasteiger partial charge in [-0.3, -0.25) is 4.79 Å². The maximum Gasteiger partial charge on any atom is 0.351 e. The second-order valence-electron chi connectivity index (χ2n) is 4.90. The van der Waals surface area contributed by atoms with E-state index in [1.807, 2.05) is 6.07 Å². The molecule has 0 radical (unpaired) electrons. The van der Waals surface area contributed by atoms with E-state index < -0.39 is 12.1 Å². The summed E-state index contributed by atoms with van der Waals surface area (Å²) in [5, 5.41) is 0.532. The number of ether oxygens (including phenoxy) is 3. The first-order valence-corrected chi connectivity index (χ1v) is 7.35. The van der Waals surface area contributed by atoms with Crippen LogP contribution in [0.15, 0.2) is 48.5 Å². The Morgan fingerprint density at radius 1 is 1.09 bits per heavy atom. The summed E-state index contributed by atoms with van der Waals surface area (Å²) in [5.41, 5.74) is 0.424. The maximum absolute atomic E-state index is 12.0. The Hall–Kier alpha value is -2.53. The van der Waals surface area contributed by atoms with E-state index in [1.165, 1.54) is 0 Å². The number of carbonyl (C=O) groups excluding carboxylic acids is 2. The van der Waals surface area contributed by atoms with Crippen molar-refractivity contribution in [3.05, 3.63) is 59.1 Å². The number of rotatable bonds is 4. The zero-order valence-electron chi connectivity index (χ0n) is 12.0. The van der Waals surface area contributed by atoms with Crippen LogP contribution in [0.2, 0.25) is 5.02 Å². The lowest BCUT2D eigenvalue weighted by Crippen LogP contribution is -2.38. The fourth-order valence-corrected chi connectivity index (χ4v) is 2.21. The van der Waals surface area contributed by atoms with Crippen molar-refractivity contribution in [2.75, 3.05) is 13.2 Å². The molecule has 118 valence electrons. The van der Waals surface area contributed by atoms with Crippen LogP contribution in [0.1, 0.15) is 10.4 Å². The summed E-state index contributed by atoms with van der Waals surface area (Å²) in [7, 11) is 0. The lowest BCUT2D eigenvalue weighted by molar-refractivity contribution is -0.153. The van der Waals surface area contributed by atoms with Gasteiger partial charge in [0.2, 0.25) is 6.10 Å². The van der Waals surface area contributed by atoms with E-state index in [1.54, 1.807) is 42.5 Å². The fraction of sp³-hybridized carbons (Fsp3) is 0.176. The van der Waals surface area contributed by atoms with Crippen molar-refractivity contribution >= 4 is 23.4 Å². The van der Waals surface area contributed by atoms with Crippen molar-refractivity contribution in [3.63, 3.8) is 0 Å². The van der Waals surface area contributed by atoms with Gasteiger partial charge < -0.3 is 14.2 Å². The molecule has 0 N–H and O–H groups in total. The molecule has 0 fully saturated rings. The summed E-state index contributed by atoms with van der Waals surface area (Å²) in [6.45, 7) is -0.313. The summed E-state index contributed by atoms with van der Waals surface area (Å²) in [5.74, 6) is 0.104. The van der Waals surface area contributed by atoms with Gasteiger partial charge in [0, 0.05) is 10.6 Å². The minimum atomic E-state index is -0.886. The maximum atomic E-state index is 12.0. The Kier molecular flexibility index (Phi) is 4.48. The van der Waals surface area contributed by atoms with Gasteiger partial charge in [0.05, 0.1) is 0 Å². The third-order valence-corrected chi connectivity index (χ3v) is 3.54. The largest absolute Gasteiger partial charge is 0.485 e. The number of benzene rings is 2. The van der Waals surface area contributed by atoms with Gasteiger partial charge in [-0.15, -0.1) is 0 Å². The highest BCUT2D eigenvalue weighted by Crippen LogP contribution is 2.31. The highest BCUT2D eigenvalue weighted by atomic mass is 35.5. The van der Waals surface area contributed by atoms with Crippen LogP contribution < -0.4 is 9.47 Å². The Morgan fingerprint density at radius 2 is 1.78 bits per heavy atom. The zero-order valence-corrected chi connectivity index (χ0v) is 12.8. The molecule has 0 bridgehead atoms. The third kappa shape index (κ3) is 3.63. The van der Waals surface area contributed by atoms with Gasteiger partial charge in [-0.25, -0.2) is 4.79 Å². The molecule has 0 unspecified atom stereocenters. The average molecular weight is 333 g/mol. The minimum Gasteiger partial charge on any atom is -0.485 e. The van der Waals surface area contributed by atoms with E-state index in [0.717, 1.165) is 0 Å². The number of carbonyl (C=O) groups is 2.